The van der Waals surface area contributed by atoms with Crippen molar-refractivity contribution in [2.75, 3.05) is 11.9 Å². The van der Waals surface area contributed by atoms with E-state index in [0.717, 1.165) is 46.0 Å². The number of fused-ring (bicyclic) bond motifs is 2. The van der Waals surface area contributed by atoms with Crippen LogP contribution in [0.5, 0.6) is 0 Å². The number of benzene rings is 3. The number of nitrogens with one attached hydrogen (secondary N) is 1. The van der Waals surface area contributed by atoms with Crippen LogP contribution in [0.25, 0.3) is 21.8 Å². The van der Waals surface area contributed by atoms with Crippen molar-refractivity contribution < 1.29 is 5.11 Å². The molecule has 0 amide bonds. The topological polar surface area (TPSA) is 45.1 Å². The molecule has 0 aliphatic carbocycles. The summed E-state index contributed by atoms with van der Waals surface area (Å²) in [5.41, 5.74) is 5.36. The van der Waals surface area contributed by atoms with Crippen molar-refractivity contribution in [2.45, 2.75) is 12.8 Å². The third-order valence-electron chi connectivity index (χ3n) is 4.43. The smallest absolute Gasteiger partial charge is 0.0730 e. The summed E-state index contributed by atoms with van der Waals surface area (Å²) >= 11 is 0. The van der Waals surface area contributed by atoms with Crippen molar-refractivity contribution in [3.8, 4) is 0 Å². The molecule has 0 saturated carbocycles. The molecule has 0 spiro atoms. The van der Waals surface area contributed by atoms with Crippen LogP contribution in [0.1, 0.15) is 12.0 Å². The maximum absolute atomic E-state index is 8.96. The predicted octanol–water partition coefficient (Wildman–Crippen LogP) is 5.06. The number of rotatable bonds is 5. The average molecular weight is 328 g/mol. The minimum absolute atomic E-state index is 0.231. The Bertz CT molecular complexity index is 955. The first-order valence-electron chi connectivity index (χ1n) is 8.59. The number of aromatic nitrogens is 1. The van der Waals surface area contributed by atoms with Crippen LogP contribution in [0.4, 0.5) is 11.4 Å². The number of nitrogens with zero attached hydrogens (tertiary/aromatic N) is 1. The van der Waals surface area contributed by atoms with E-state index in [2.05, 4.69) is 41.7 Å². The van der Waals surface area contributed by atoms with Crippen molar-refractivity contribution in [3.05, 3.63) is 78.4 Å². The summed E-state index contributed by atoms with van der Waals surface area (Å²) in [6.45, 7) is 0.231. The van der Waals surface area contributed by atoms with Gasteiger partial charge >= 0.3 is 0 Å². The molecule has 0 aliphatic heterocycles. The number of aliphatic hydroxyl groups is 1. The molecule has 0 atom stereocenters. The third kappa shape index (κ3) is 3.19. The van der Waals surface area contributed by atoms with Crippen LogP contribution >= 0.6 is 0 Å². The summed E-state index contributed by atoms with van der Waals surface area (Å²) in [6.07, 6.45) is 1.70. The van der Waals surface area contributed by atoms with E-state index in [1.165, 1.54) is 5.56 Å². The zero-order valence-corrected chi connectivity index (χ0v) is 13.9. The summed E-state index contributed by atoms with van der Waals surface area (Å²) in [5, 5.41) is 14.8. The second-order valence-corrected chi connectivity index (χ2v) is 6.17. The molecule has 4 aromatic rings. The van der Waals surface area contributed by atoms with E-state index in [1.54, 1.807) is 0 Å². The highest BCUT2D eigenvalue weighted by atomic mass is 16.2. The van der Waals surface area contributed by atoms with Gasteiger partial charge in [0, 0.05) is 23.1 Å². The van der Waals surface area contributed by atoms with Crippen LogP contribution in [0.15, 0.2) is 72.8 Å². The molecule has 1 heterocycles. The fraction of sp³-hybridized carbons (Fsp3) is 0.136. The van der Waals surface area contributed by atoms with Gasteiger partial charge in [-0.2, -0.15) is 0 Å². The molecule has 3 aromatic carbocycles. The average Bonchev–Trinajstić information content (AvgIpc) is 2.67. The summed E-state index contributed by atoms with van der Waals surface area (Å²) in [4.78, 5) is 4.76. The van der Waals surface area contributed by atoms with E-state index < -0.39 is 0 Å². The Balaban J connectivity index is 1.76. The molecule has 0 aliphatic rings. The van der Waals surface area contributed by atoms with Crippen molar-refractivity contribution in [3.63, 3.8) is 0 Å². The Morgan fingerprint density at radius 3 is 1.96 bits per heavy atom. The van der Waals surface area contributed by atoms with Gasteiger partial charge in [0.25, 0.3) is 0 Å². The van der Waals surface area contributed by atoms with Crippen molar-refractivity contribution >= 4 is 33.2 Å². The molecule has 4 rings (SSSR count). The lowest BCUT2D eigenvalue weighted by molar-refractivity contribution is 0.288. The lowest BCUT2D eigenvalue weighted by Gasteiger charge is -2.13. The number of hydrogen-bond acceptors (Lipinski definition) is 3. The third-order valence-corrected chi connectivity index (χ3v) is 4.43. The van der Waals surface area contributed by atoms with Crippen LogP contribution < -0.4 is 5.32 Å². The van der Waals surface area contributed by atoms with E-state index in [4.69, 9.17) is 10.1 Å². The van der Waals surface area contributed by atoms with Crippen molar-refractivity contribution in [1.82, 2.24) is 4.98 Å². The molecular formula is C22H20N2O. The van der Waals surface area contributed by atoms with Gasteiger partial charge in [-0.1, -0.05) is 48.5 Å². The standard InChI is InChI=1S/C22H20N2O/c25-15-5-6-16-11-13-17(14-12-16)23-22-18-7-1-3-9-20(18)24-21-10-4-2-8-19(21)22/h1-4,7-14,25H,5-6,15H2,(H,23,24). The molecule has 0 saturated heterocycles. The first kappa shape index (κ1) is 15.6. The van der Waals surface area contributed by atoms with E-state index in [9.17, 15) is 0 Å². The molecule has 0 bridgehead atoms. The van der Waals surface area contributed by atoms with Crippen LogP contribution in [-0.4, -0.2) is 16.7 Å². The zero-order valence-electron chi connectivity index (χ0n) is 13.9. The van der Waals surface area contributed by atoms with Crippen molar-refractivity contribution in [1.29, 1.82) is 0 Å². The summed E-state index contributed by atoms with van der Waals surface area (Å²) in [7, 11) is 0. The fourth-order valence-electron chi connectivity index (χ4n) is 3.16. The van der Waals surface area contributed by atoms with Crippen LogP contribution in [0, 0.1) is 0 Å². The highest BCUT2D eigenvalue weighted by Crippen LogP contribution is 2.32. The number of aryl methyl sites for hydroxylation is 1. The van der Waals surface area contributed by atoms with Gasteiger partial charge in [-0.15, -0.1) is 0 Å². The van der Waals surface area contributed by atoms with Gasteiger partial charge in [0.1, 0.15) is 0 Å². The molecule has 0 fully saturated rings. The van der Waals surface area contributed by atoms with Gasteiger partial charge in [0.15, 0.2) is 0 Å². The summed E-state index contributed by atoms with van der Waals surface area (Å²) < 4.78 is 0. The molecule has 3 heteroatoms. The Morgan fingerprint density at radius 2 is 1.36 bits per heavy atom. The monoisotopic (exact) mass is 328 g/mol. The number of hydrogen-bond donors (Lipinski definition) is 2. The van der Waals surface area contributed by atoms with E-state index >= 15 is 0 Å². The maximum Gasteiger partial charge on any atom is 0.0730 e. The van der Waals surface area contributed by atoms with Gasteiger partial charge in [-0.25, -0.2) is 4.98 Å². The minimum Gasteiger partial charge on any atom is -0.396 e. The van der Waals surface area contributed by atoms with E-state index in [0.29, 0.717) is 0 Å². The fourth-order valence-corrected chi connectivity index (χ4v) is 3.16. The Hall–Kier alpha value is -2.91. The zero-order chi connectivity index (χ0) is 17.1. The maximum atomic E-state index is 8.96. The second-order valence-electron chi connectivity index (χ2n) is 6.17. The SMILES string of the molecule is OCCCc1ccc(Nc2c3ccccc3nc3ccccc23)cc1. The van der Waals surface area contributed by atoms with E-state index in [1.807, 2.05) is 36.4 Å². The second kappa shape index (κ2) is 6.91. The van der Waals surface area contributed by atoms with Crippen LogP contribution in [-0.2, 0) is 6.42 Å². The first-order chi connectivity index (χ1) is 12.3. The van der Waals surface area contributed by atoms with Gasteiger partial charge in [0.2, 0.25) is 0 Å². The lowest BCUT2D eigenvalue weighted by Crippen LogP contribution is -1.96. The molecule has 124 valence electrons. The lowest BCUT2D eigenvalue weighted by atomic mass is 10.1. The Labute approximate surface area is 147 Å². The molecular weight excluding hydrogens is 308 g/mol. The largest absolute Gasteiger partial charge is 0.396 e. The van der Waals surface area contributed by atoms with Crippen LogP contribution in [0.3, 0.4) is 0 Å². The normalized spacial score (nSPS) is 11.1. The predicted molar refractivity (Wildman–Crippen MR) is 104 cm³/mol. The summed E-state index contributed by atoms with van der Waals surface area (Å²) in [5.74, 6) is 0. The molecule has 3 nitrogen and oxygen atoms in total. The Kier molecular flexibility index (Phi) is 4.32. The van der Waals surface area contributed by atoms with Gasteiger partial charge in [-0.05, 0) is 42.7 Å². The van der Waals surface area contributed by atoms with Crippen molar-refractivity contribution in [2.24, 2.45) is 0 Å². The van der Waals surface area contributed by atoms with Gasteiger partial charge in [0.05, 0.1) is 16.7 Å². The number of aliphatic hydroxyl groups excluding tert-OH is 1. The van der Waals surface area contributed by atoms with Gasteiger partial charge in [-0.3, -0.25) is 0 Å². The molecule has 1 aromatic heterocycles. The van der Waals surface area contributed by atoms with E-state index in [-0.39, 0.29) is 6.61 Å². The molecule has 2 N–H and O–H groups in total. The number of para-hydroxylation sites is 2. The first-order valence-corrected chi connectivity index (χ1v) is 8.59. The molecule has 0 radical (unpaired) electrons. The van der Waals surface area contributed by atoms with Crippen LogP contribution in [0.2, 0.25) is 0 Å². The highest BCUT2D eigenvalue weighted by molar-refractivity contribution is 6.08. The highest BCUT2D eigenvalue weighted by Gasteiger charge is 2.08. The Morgan fingerprint density at radius 1 is 0.760 bits per heavy atom. The quantitative estimate of drug-likeness (QED) is 0.504. The number of anilines is 2. The summed E-state index contributed by atoms with van der Waals surface area (Å²) in [6, 6.07) is 24.8. The molecule has 25 heavy (non-hydrogen) atoms. The number of pyridine rings is 1. The minimum atomic E-state index is 0.231. The van der Waals surface area contributed by atoms with Gasteiger partial charge < -0.3 is 10.4 Å². The molecule has 0 unspecified atom stereocenters.